The van der Waals surface area contributed by atoms with Crippen LogP contribution in [0.15, 0.2) is 16.6 Å². The monoisotopic (exact) mass is 230 g/mol. The first-order chi connectivity index (χ1) is 5.83. The van der Waals surface area contributed by atoms with Gasteiger partial charge in [0.05, 0.1) is 11.1 Å². The van der Waals surface area contributed by atoms with Crippen molar-refractivity contribution in [3.8, 4) is 11.5 Å². The van der Waals surface area contributed by atoms with E-state index in [1.165, 1.54) is 0 Å². The lowest BCUT2D eigenvalue weighted by Crippen LogP contribution is -1.94. The molecule has 1 aliphatic heterocycles. The molecule has 0 aliphatic carbocycles. The Morgan fingerprint density at radius 2 is 2.08 bits per heavy atom. The number of ether oxygens (including phenoxy) is 2. The highest BCUT2D eigenvalue weighted by molar-refractivity contribution is 9.10. The third-order valence-corrected chi connectivity index (χ3v) is 2.35. The molecule has 0 aromatic heterocycles. The molecule has 1 N–H and O–H groups in total. The van der Waals surface area contributed by atoms with Crippen molar-refractivity contribution in [1.29, 1.82) is 0 Å². The van der Waals surface area contributed by atoms with E-state index in [0.29, 0.717) is 11.5 Å². The molecule has 3 nitrogen and oxygen atoms in total. The first-order valence-electron chi connectivity index (χ1n) is 3.51. The number of aliphatic hydroxyl groups excluding tert-OH is 1. The van der Waals surface area contributed by atoms with Crippen LogP contribution in [0.2, 0.25) is 0 Å². The normalized spacial score (nSPS) is 13.5. The van der Waals surface area contributed by atoms with Crippen molar-refractivity contribution in [3.05, 3.63) is 22.2 Å². The number of halogens is 1. The largest absolute Gasteiger partial charge is 0.453 e. The predicted molar refractivity (Wildman–Crippen MR) is 46.2 cm³/mol. The van der Waals surface area contributed by atoms with Crippen molar-refractivity contribution in [2.75, 3.05) is 6.79 Å². The fourth-order valence-electron chi connectivity index (χ4n) is 1.14. The molecule has 2 rings (SSSR count). The fourth-order valence-corrected chi connectivity index (χ4v) is 1.57. The molecule has 0 saturated carbocycles. The van der Waals surface area contributed by atoms with Crippen LogP contribution in [0.25, 0.3) is 0 Å². The molecule has 4 heteroatoms. The molecule has 1 aliphatic rings. The SMILES string of the molecule is OCc1ccc(Br)c2c1OCO2. The lowest BCUT2D eigenvalue weighted by atomic mass is 10.2. The van der Waals surface area contributed by atoms with E-state index >= 15 is 0 Å². The van der Waals surface area contributed by atoms with Crippen LogP contribution in [0.1, 0.15) is 5.56 Å². The summed E-state index contributed by atoms with van der Waals surface area (Å²) in [6, 6.07) is 3.64. The van der Waals surface area contributed by atoms with E-state index in [9.17, 15) is 0 Å². The highest BCUT2D eigenvalue weighted by Gasteiger charge is 2.19. The number of benzene rings is 1. The molecule has 0 amide bonds. The van der Waals surface area contributed by atoms with Crippen LogP contribution in [0.4, 0.5) is 0 Å². The van der Waals surface area contributed by atoms with Crippen molar-refractivity contribution in [2.45, 2.75) is 6.61 Å². The maximum Gasteiger partial charge on any atom is 0.231 e. The topological polar surface area (TPSA) is 38.7 Å². The number of aliphatic hydroxyl groups is 1. The van der Waals surface area contributed by atoms with Crippen LogP contribution in [0, 0.1) is 0 Å². The molecular formula is C8H7BrO3. The number of hydrogen-bond acceptors (Lipinski definition) is 3. The van der Waals surface area contributed by atoms with Crippen molar-refractivity contribution >= 4 is 15.9 Å². The van der Waals surface area contributed by atoms with Gasteiger partial charge in [-0.2, -0.15) is 0 Å². The van der Waals surface area contributed by atoms with Gasteiger partial charge in [0.1, 0.15) is 0 Å². The maximum atomic E-state index is 8.94. The zero-order valence-electron chi connectivity index (χ0n) is 6.21. The van der Waals surface area contributed by atoms with Crippen LogP contribution in [0.3, 0.4) is 0 Å². The smallest absolute Gasteiger partial charge is 0.231 e. The maximum absolute atomic E-state index is 8.94. The van der Waals surface area contributed by atoms with Gasteiger partial charge in [0.25, 0.3) is 0 Å². The zero-order chi connectivity index (χ0) is 8.55. The van der Waals surface area contributed by atoms with Crippen molar-refractivity contribution in [1.82, 2.24) is 0 Å². The average Bonchev–Trinajstić information content (AvgIpc) is 2.54. The summed E-state index contributed by atoms with van der Waals surface area (Å²) in [5.74, 6) is 1.33. The van der Waals surface area contributed by atoms with E-state index in [2.05, 4.69) is 15.9 Å². The van der Waals surface area contributed by atoms with Crippen LogP contribution >= 0.6 is 15.9 Å². The fraction of sp³-hybridized carbons (Fsp3) is 0.250. The van der Waals surface area contributed by atoms with E-state index in [1.54, 1.807) is 6.07 Å². The number of fused-ring (bicyclic) bond motifs is 1. The van der Waals surface area contributed by atoms with Gasteiger partial charge in [-0.05, 0) is 22.0 Å². The van der Waals surface area contributed by atoms with Gasteiger partial charge in [-0.15, -0.1) is 0 Å². The van der Waals surface area contributed by atoms with Gasteiger partial charge in [0.2, 0.25) is 6.79 Å². The summed E-state index contributed by atoms with van der Waals surface area (Å²) in [4.78, 5) is 0. The van der Waals surface area contributed by atoms with E-state index in [0.717, 1.165) is 10.0 Å². The van der Waals surface area contributed by atoms with Crippen LogP contribution in [-0.4, -0.2) is 11.9 Å². The summed E-state index contributed by atoms with van der Waals surface area (Å²) in [5, 5.41) is 8.94. The minimum Gasteiger partial charge on any atom is -0.453 e. The first kappa shape index (κ1) is 7.89. The quantitative estimate of drug-likeness (QED) is 0.798. The van der Waals surface area contributed by atoms with E-state index in [4.69, 9.17) is 14.6 Å². The Morgan fingerprint density at radius 1 is 1.33 bits per heavy atom. The summed E-state index contributed by atoms with van der Waals surface area (Å²) >= 11 is 3.32. The molecule has 0 saturated heterocycles. The molecule has 1 aromatic carbocycles. The molecule has 0 radical (unpaired) electrons. The number of hydrogen-bond donors (Lipinski definition) is 1. The summed E-state index contributed by atoms with van der Waals surface area (Å²) in [5.41, 5.74) is 0.755. The standard InChI is InChI=1S/C8H7BrO3/c9-6-2-1-5(3-10)7-8(6)12-4-11-7/h1-2,10H,3-4H2. The Kier molecular flexibility index (Phi) is 1.94. The number of rotatable bonds is 1. The lowest BCUT2D eigenvalue weighted by Gasteiger charge is -2.02. The summed E-state index contributed by atoms with van der Waals surface area (Å²) in [7, 11) is 0. The Labute approximate surface area is 78.0 Å². The van der Waals surface area contributed by atoms with Crippen molar-refractivity contribution < 1.29 is 14.6 Å². The second-order valence-corrected chi connectivity index (χ2v) is 3.28. The van der Waals surface area contributed by atoms with Crippen molar-refractivity contribution in [3.63, 3.8) is 0 Å². The molecule has 0 bridgehead atoms. The molecule has 12 heavy (non-hydrogen) atoms. The molecule has 64 valence electrons. The third kappa shape index (κ3) is 1.07. The molecule has 1 heterocycles. The summed E-state index contributed by atoms with van der Waals surface area (Å²) in [6.45, 7) is 0.198. The van der Waals surface area contributed by atoms with Crippen LogP contribution < -0.4 is 9.47 Å². The van der Waals surface area contributed by atoms with Gasteiger partial charge in [0.15, 0.2) is 11.5 Å². The molecular weight excluding hydrogens is 224 g/mol. The van der Waals surface area contributed by atoms with Gasteiger partial charge in [0, 0.05) is 5.56 Å². The van der Waals surface area contributed by atoms with Crippen LogP contribution in [0.5, 0.6) is 11.5 Å². The highest BCUT2D eigenvalue weighted by atomic mass is 79.9. The molecule has 0 spiro atoms. The zero-order valence-corrected chi connectivity index (χ0v) is 7.80. The van der Waals surface area contributed by atoms with Gasteiger partial charge >= 0.3 is 0 Å². The van der Waals surface area contributed by atoms with Crippen LogP contribution in [-0.2, 0) is 6.61 Å². The molecule has 0 fully saturated rings. The minimum atomic E-state index is -0.0288. The summed E-state index contributed by atoms with van der Waals surface area (Å²) in [6.07, 6.45) is 0. The van der Waals surface area contributed by atoms with Gasteiger partial charge in [-0.3, -0.25) is 0 Å². The van der Waals surface area contributed by atoms with Gasteiger partial charge < -0.3 is 14.6 Å². The second kappa shape index (κ2) is 2.95. The Balaban J connectivity index is 2.57. The first-order valence-corrected chi connectivity index (χ1v) is 4.30. The van der Waals surface area contributed by atoms with Gasteiger partial charge in [-0.1, -0.05) is 6.07 Å². The molecule has 0 unspecified atom stereocenters. The molecule has 1 aromatic rings. The predicted octanol–water partition coefficient (Wildman–Crippen LogP) is 1.67. The van der Waals surface area contributed by atoms with Gasteiger partial charge in [-0.25, -0.2) is 0 Å². The highest BCUT2D eigenvalue weighted by Crippen LogP contribution is 2.41. The third-order valence-electron chi connectivity index (χ3n) is 1.72. The second-order valence-electron chi connectivity index (χ2n) is 2.43. The Hall–Kier alpha value is -0.740. The molecule has 0 atom stereocenters. The average molecular weight is 231 g/mol. The van der Waals surface area contributed by atoms with E-state index in [-0.39, 0.29) is 13.4 Å². The summed E-state index contributed by atoms with van der Waals surface area (Å²) < 4.78 is 11.2. The van der Waals surface area contributed by atoms with Crippen molar-refractivity contribution in [2.24, 2.45) is 0 Å². The Bertz CT molecular complexity index is 311. The van der Waals surface area contributed by atoms with E-state index in [1.807, 2.05) is 6.07 Å². The Morgan fingerprint density at radius 3 is 2.83 bits per heavy atom. The minimum absolute atomic E-state index is 0.0288. The lowest BCUT2D eigenvalue weighted by molar-refractivity contribution is 0.171. The van der Waals surface area contributed by atoms with E-state index < -0.39 is 0 Å².